The number of hydrogen-bond donors (Lipinski definition) is 3. The van der Waals surface area contributed by atoms with Gasteiger partial charge in [0.1, 0.15) is 19.3 Å². The third-order valence-corrected chi connectivity index (χ3v) is 17.0. The van der Waals surface area contributed by atoms with Gasteiger partial charge in [-0.2, -0.15) is 0 Å². The van der Waals surface area contributed by atoms with E-state index in [9.17, 15) is 43.2 Å². The van der Waals surface area contributed by atoms with E-state index in [-0.39, 0.29) is 25.7 Å². The van der Waals surface area contributed by atoms with Crippen molar-refractivity contribution in [3.05, 3.63) is 194 Å². The van der Waals surface area contributed by atoms with Gasteiger partial charge >= 0.3 is 39.5 Å². The largest absolute Gasteiger partial charge is 0.472 e. The summed E-state index contributed by atoms with van der Waals surface area (Å²) in [5.74, 6) is -2.42. The van der Waals surface area contributed by atoms with E-state index in [1.54, 1.807) is 0 Å². The van der Waals surface area contributed by atoms with Crippen LogP contribution in [-0.4, -0.2) is 96.7 Å². The molecule has 0 saturated carbocycles. The molecule has 0 aliphatic heterocycles. The van der Waals surface area contributed by atoms with Crippen LogP contribution in [0.5, 0.6) is 0 Å². The average Bonchev–Trinajstić information content (AvgIpc) is 0.929. The Bertz CT molecular complexity index is 2740. The highest BCUT2D eigenvalue weighted by molar-refractivity contribution is 7.47. The zero-order chi connectivity index (χ0) is 76.0. The van der Waals surface area contributed by atoms with Crippen LogP contribution in [0.3, 0.4) is 0 Å². The van der Waals surface area contributed by atoms with Crippen molar-refractivity contribution in [2.24, 2.45) is 0 Å². The lowest BCUT2D eigenvalue weighted by Crippen LogP contribution is -2.30. The summed E-state index contributed by atoms with van der Waals surface area (Å²) in [6.07, 6.45) is 91.7. The summed E-state index contributed by atoms with van der Waals surface area (Å²) >= 11 is 0. The molecule has 586 valence electrons. The quantitative estimate of drug-likeness (QED) is 0.0169. The minimum atomic E-state index is -5.01. The molecule has 5 unspecified atom stereocenters. The van der Waals surface area contributed by atoms with E-state index < -0.39 is 97.5 Å². The predicted octanol–water partition coefficient (Wildman–Crippen LogP) is 22.5. The number of allylic oxidation sites excluding steroid dienone is 32. The van der Waals surface area contributed by atoms with Crippen molar-refractivity contribution in [3.8, 4) is 0 Å². The molecule has 0 aromatic heterocycles. The Labute approximate surface area is 627 Å². The smallest absolute Gasteiger partial charge is 0.462 e. The Balaban J connectivity index is 5.49. The Kier molecular flexibility index (Phi) is 70.7. The molecule has 0 rings (SSSR count). The fourth-order valence-corrected chi connectivity index (χ4v) is 10.8. The predicted molar refractivity (Wildman–Crippen MR) is 426 cm³/mol. The minimum absolute atomic E-state index is 0.0231. The Hall–Kier alpha value is -6.10. The number of rotatable bonds is 70. The minimum Gasteiger partial charge on any atom is -0.462 e. The van der Waals surface area contributed by atoms with Crippen LogP contribution in [0.15, 0.2) is 194 Å². The van der Waals surface area contributed by atoms with Crippen LogP contribution < -0.4 is 0 Å². The van der Waals surface area contributed by atoms with Gasteiger partial charge in [0.15, 0.2) is 12.2 Å². The fourth-order valence-electron chi connectivity index (χ4n) is 9.27. The van der Waals surface area contributed by atoms with Crippen molar-refractivity contribution in [1.82, 2.24) is 0 Å². The number of aliphatic hydroxyl groups is 1. The zero-order valence-electron chi connectivity index (χ0n) is 63.9. The summed E-state index contributed by atoms with van der Waals surface area (Å²) < 4.78 is 68.3. The Morgan fingerprint density at radius 1 is 0.279 bits per heavy atom. The number of phosphoric acid groups is 2. The molecule has 0 aliphatic rings. The summed E-state index contributed by atoms with van der Waals surface area (Å²) in [5, 5.41) is 10.6. The summed E-state index contributed by atoms with van der Waals surface area (Å²) in [7, 11) is -10.0. The summed E-state index contributed by atoms with van der Waals surface area (Å²) in [4.78, 5) is 72.8. The van der Waals surface area contributed by atoms with Gasteiger partial charge in [0, 0.05) is 25.7 Å². The molecule has 5 atom stereocenters. The van der Waals surface area contributed by atoms with Crippen LogP contribution in [0.4, 0.5) is 0 Å². The van der Waals surface area contributed by atoms with E-state index in [4.69, 9.17) is 37.0 Å². The van der Waals surface area contributed by atoms with Gasteiger partial charge in [0.05, 0.1) is 26.4 Å². The molecule has 0 saturated heterocycles. The molecule has 0 aromatic rings. The van der Waals surface area contributed by atoms with E-state index in [1.807, 2.05) is 36.5 Å². The van der Waals surface area contributed by atoms with Gasteiger partial charge < -0.3 is 33.8 Å². The third kappa shape index (κ3) is 74.2. The first-order valence-electron chi connectivity index (χ1n) is 38.7. The Morgan fingerprint density at radius 2 is 0.519 bits per heavy atom. The Morgan fingerprint density at radius 3 is 0.817 bits per heavy atom. The lowest BCUT2D eigenvalue weighted by molar-refractivity contribution is -0.161. The molecule has 0 amide bonds. The second-order valence-electron chi connectivity index (χ2n) is 24.8. The first-order valence-corrected chi connectivity index (χ1v) is 41.7. The zero-order valence-corrected chi connectivity index (χ0v) is 65.6. The van der Waals surface area contributed by atoms with Crippen molar-refractivity contribution in [2.45, 2.75) is 277 Å². The molecular weight excluding hydrogens is 1350 g/mol. The van der Waals surface area contributed by atoms with E-state index in [0.29, 0.717) is 38.5 Å². The SMILES string of the molecule is CC/C=C\C/C=C\C/C=C\C/C=C\C/C=C\C/C=C\CCC(=O)OCC(COP(=O)(O)OCC(O)COP(=O)(O)OCC(COC(=O)CC/C=C\C/C=C\C/C=C\C/C=C\C/C=C\C/C=C\CC)OC(=O)CCCCCCC/C=C\CCCC)OC(=O)CCCCCCC/C=C\C/C=C\C/C=C\CC. The number of unbranched alkanes of at least 4 members (excludes halogenated alkanes) is 12. The molecule has 3 N–H and O–H groups in total. The average molecular weight is 1490 g/mol. The van der Waals surface area contributed by atoms with Gasteiger partial charge in [0.25, 0.3) is 0 Å². The van der Waals surface area contributed by atoms with E-state index >= 15 is 0 Å². The van der Waals surface area contributed by atoms with Crippen LogP contribution in [0.1, 0.15) is 259 Å². The fraction of sp³-hybridized carbons (Fsp3) is 0.576. The number of carbonyl (C=O) groups is 4. The van der Waals surface area contributed by atoms with Gasteiger partial charge in [-0.05, 0) is 154 Å². The van der Waals surface area contributed by atoms with Crippen molar-refractivity contribution in [1.29, 1.82) is 0 Å². The normalized spacial score (nSPS) is 15.0. The second-order valence-corrected chi connectivity index (χ2v) is 27.7. The molecule has 0 radical (unpaired) electrons. The highest BCUT2D eigenvalue weighted by atomic mass is 31.2. The molecular formula is C85H134O17P2. The van der Waals surface area contributed by atoms with Gasteiger partial charge in [-0.1, -0.05) is 273 Å². The summed E-state index contributed by atoms with van der Waals surface area (Å²) in [6.45, 7) is 4.25. The van der Waals surface area contributed by atoms with Crippen LogP contribution in [0.25, 0.3) is 0 Å². The van der Waals surface area contributed by atoms with Crippen molar-refractivity contribution >= 4 is 39.5 Å². The van der Waals surface area contributed by atoms with Crippen LogP contribution in [0, 0.1) is 0 Å². The number of esters is 4. The highest BCUT2D eigenvalue weighted by Gasteiger charge is 2.30. The molecule has 19 heteroatoms. The molecule has 0 aliphatic carbocycles. The van der Waals surface area contributed by atoms with E-state index in [2.05, 4.69) is 186 Å². The molecule has 0 spiro atoms. The molecule has 0 aromatic carbocycles. The number of carbonyl (C=O) groups excluding carboxylic acids is 4. The maximum Gasteiger partial charge on any atom is 0.472 e. The number of aliphatic hydroxyl groups excluding tert-OH is 1. The third-order valence-electron chi connectivity index (χ3n) is 15.1. The summed E-state index contributed by atoms with van der Waals surface area (Å²) in [6, 6.07) is 0. The van der Waals surface area contributed by atoms with Crippen molar-refractivity contribution in [3.63, 3.8) is 0 Å². The monoisotopic (exact) mass is 1490 g/mol. The van der Waals surface area contributed by atoms with Gasteiger partial charge in [0.2, 0.25) is 0 Å². The maximum absolute atomic E-state index is 13.1. The topological polar surface area (TPSA) is 237 Å². The lowest BCUT2D eigenvalue weighted by atomic mass is 10.1. The summed E-state index contributed by atoms with van der Waals surface area (Å²) in [5.41, 5.74) is 0. The highest BCUT2D eigenvalue weighted by Crippen LogP contribution is 2.45. The first-order chi connectivity index (χ1) is 50.7. The van der Waals surface area contributed by atoms with Crippen molar-refractivity contribution < 1.29 is 80.2 Å². The van der Waals surface area contributed by atoms with Crippen LogP contribution in [0.2, 0.25) is 0 Å². The van der Waals surface area contributed by atoms with E-state index in [0.717, 1.165) is 161 Å². The second kappa shape index (κ2) is 75.1. The first kappa shape index (κ1) is 97.9. The maximum atomic E-state index is 13.1. The van der Waals surface area contributed by atoms with Gasteiger partial charge in [-0.25, -0.2) is 9.13 Å². The standard InChI is InChI=1S/C85H134O17P2/c1-5-9-13-17-21-25-29-32-35-37-39-41-44-46-50-53-57-61-65-69-82(87)95-75-80(101-84(89)71-67-63-59-55-49-28-24-20-16-12-8-4)77-99-103(91,92)97-73-79(86)74-98-104(93,94)100-78-81(102-85(90)72-68-64-60-56-52-48-43-34-31-27-23-19-15-11-7-3)76-96-83(88)70-66-62-58-54-51-47-45-42-40-38-36-33-30-26-22-18-14-10-6-2/h9-11,13-15,20-27,32-36,39-43,46-47,50-51,57-58,61-62,79-81,86H,5-8,12,16-19,28-31,37-38,44-45,48-49,52-56,59-60,63-78H2,1-4H3,(H,91,92)(H,93,94)/b13-9-,14-10-,15-11-,24-20-,25-21-,26-22-,27-23-,35-32-,36-33-,41-39-,42-40-,43-34-,50-46-,51-47-,61-57-,62-58-. The lowest BCUT2D eigenvalue weighted by Gasteiger charge is -2.21. The van der Waals surface area contributed by atoms with Crippen LogP contribution in [-0.2, 0) is 65.4 Å². The van der Waals surface area contributed by atoms with E-state index in [1.165, 1.54) is 6.42 Å². The molecule has 0 fully saturated rings. The van der Waals surface area contributed by atoms with Crippen LogP contribution >= 0.6 is 15.6 Å². The molecule has 0 heterocycles. The molecule has 17 nitrogen and oxygen atoms in total. The van der Waals surface area contributed by atoms with Gasteiger partial charge in [-0.3, -0.25) is 37.3 Å². The van der Waals surface area contributed by atoms with Gasteiger partial charge in [-0.15, -0.1) is 0 Å². The van der Waals surface area contributed by atoms with Crippen molar-refractivity contribution in [2.75, 3.05) is 39.6 Å². The number of ether oxygens (including phenoxy) is 4. The number of hydrogen-bond acceptors (Lipinski definition) is 15. The number of phosphoric ester groups is 2. The molecule has 0 bridgehead atoms. The molecule has 104 heavy (non-hydrogen) atoms.